The van der Waals surface area contributed by atoms with E-state index in [9.17, 15) is 15.0 Å². The van der Waals surface area contributed by atoms with Crippen LogP contribution in [-0.4, -0.2) is 23.1 Å². The molecule has 5 heteroatoms. The molecule has 0 spiro atoms. The number of para-hydroxylation sites is 1. The van der Waals surface area contributed by atoms with Crippen molar-refractivity contribution < 1.29 is 19.7 Å². The number of halogens is 1. The van der Waals surface area contributed by atoms with Crippen LogP contribution in [0.1, 0.15) is 15.9 Å². The number of aromatic hydroxyl groups is 2. The summed E-state index contributed by atoms with van der Waals surface area (Å²) in [5.41, 5.74) is 0.103. The monoisotopic (exact) mass is 278 g/mol. The number of hydrogen-bond donors (Lipinski definition) is 2. The normalized spacial score (nSPS) is 10.2. The fourth-order valence-electron chi connectivity index (χ4n) is 1.67. The van der Waals surface area contributed by atoms with Crippen molar-refractivity contribution in [2.75, 3.05) is 7.11 Å². The van der Waals surface area contributed by atoms with Gasteiger partial charge in [0.1, 0.15) is 17.2 Å². The Bertz CT molecular complexity index is 637. The van der Waals surface area contributed by atoms with Gasteiger partial charge in [-0.05, 0) is 24.3 Å². The number of hydrogen-bond acceptors (Lipinski definition) is 4. The predicted molar refractivity (Wildman–Crippen MR) is 71.2 cm³/mol. The highest BCUT2D eigenvalue weighted by Crippen LogP contribution is 2.32. The van der Waals surface area contributed by atoms with Crippen molar-refractivity contribution in [3.05, 3.63) is 52.5 Å². The molecule has 0 fully saturated rings. The fraction of sp³-hybridized carbons (Fsp3) is 0.0714. The molecule has 2 rings (SSSR count). The molecule has 0 radical (unpaired) electrons. The highest BCUT2D eigenvalue weighted by molar-refractivity contribution is 6.33. The molecule has 98 valence electrons. The van der Waals surface area contributed by atoms with Gasteiger partial charge in [-0.1, -0.05) is 17.7 Å². The Kier molecular flexibility index (Phi) is 3.62. The van der Waals surface area contributed by atoms with Crippen LogP contribution in [0.2, 0.25) is 5.02 Å². The molecule has 0 aliphatic heterocycles. The van der Waals surface area contributed by atoms with Crippen LogP contribution in [0.4, 0.5) is 0 Å². The van der Waals surface area contributed by atoms with Crippen molar-refractivity contribution in [3.8, 4) is 17.2 Å². The first kappa shape index (κ1) is 13.2. The number of phenolic OH excluding ortho intramolecular Hbond substituents is 2. The summed E-state index contributed by atoms with van der Waals surface area (Å²) in [4.78, 5) is 12.2. The van der Waals surface area contributed by atoms with E-state index in [0.29, 0.717) is 5.75 Å². The number of rotatable bonds is 3. The molecule has 2 aromatic carbocycles. The van der Waals surface area contributed by atoms with Crippen LogP contribution < -0.4 is 4.74 Å². The van der Waals surface area contributed by atoms with Gasteiger partial charge in [0.05, 0.1) is 23.3 Å². The van der Waals surface area contributed by atoms with Crippen molar-refractivity contribution in [3.63, 3.8) is 0 Å². The highest BCUT2D eigenvalue weighted by Gasteiger charge is 2.18. The molecule has 2 N–H and O–H groups in total. The van der Waals surface area contributed by atoms with E-state index in [1.165, 1.54) is 31.4 Å². The molecule has 2 aromatic rings. The van der Waals surface area contributed by atoms with Gasteiger partial charge in [-0.15, -0.1) is 0 Å². The largest absolute Gasteiger partial charge is 0.507 e. The van der Waals surface area contributed by atoms with Crippen LogP contribution in [-0.2, 0) is 0 Å². The molecule has 0 heterocycles. The summed E-state index contributed by atoms with van der Waals surface area (Å²) in [5.74, 6) is -0.599. The Morgan fingerprint density at radius 3 is 2.53 bits per heavy atom. The first-order chi connectivity index (χ1) is 9.04. The van der Waals surface area contributed by atoms with Gasteiger partial charge in [-0.3, -0.25) is 4.79 Å². The van der Waals surface area contributed by atoms with Gasteiger partial charge < -0.3 is 14.9 Å². The molecular weight excluding hydrogens is 268 g/mol. The minimum atomic E-state index is -0.514. The van der Waals surface area contributed by atoms with E-state index in [-0.39, 0.29) is 27.6 Å². The third-order valence-corrected chi connectivity index (χ3v) is 2.99. The summed E-state index contributed by atoms with van der Waals surface area (Å²) in [5, 5.41) is 19.6. The Labute approximate surface area is 114 Å². The molecule has 0 atom stereocenters. The lowest BCUT2D eigenvalue weighted by Crippen LogP contribution is -2.02. The minimum absolute atomic E-state index is 0.0352. The van der Waals surface area contributed by atoms with Crippen LogP contribution in [0.5, 0.6) is 17.2 Å². The van der Waals surface area contributed by atoms with E-state index >= 15 is 0 Å². The molecule has 0 amide bonds. The number of ketones is 1. The third kappa shape index (κ3) is 2.48. The number of phenols is 2. The number of carbonyl (C=O) groups excluding carboxylic acids is 1. The Morgan fingerprint density at radius 2 is 1.89 bits per heavy atom. The number of benzene rings is 2. The molecule has 0 aliphatic rings. The van der Waals surface area contributed by atoms with Crippen LogP contribution in [0.3, 0.4) is 0 Å². The molecule has 4 nitrogen and oxygen atoms in total. The molecule has 0 aliphatic carbocycles. The molecule has 0 saturated heterocycles. The smallest absolute Gasteiger partial charge is 0.200 e. The van der Waals surface area contributed by atoms with Gasteiger partial charge in [0, 0.05) is 6.07 Å². The standard InChI is InChI=1S/C14H11ClO4/c1-19-8-5-6-9(12(16)7-8)13(17)10-3-2-4-11(15)14(10)18/h2-7,16,18H,1H3. The maximum Gasteiger partial charge on any atom is 0.200 e. The summed E-state index contributed by atoms with van der Waals surface area (Å²) in [6.07, 6.45) is 0. The van der Waals surface area contributed by atoms with Gasteiger partial charge in [-0.25, -0.2) is 0 Å². The molecule has 0 aromatic heterocycles. The average molecular weight is 279 g/mol. The van der Waals surface area contributed by atoms with Crippen molar-refractivity contribution in [2.45, 2.75) is 0 Å². The maximum absolute atomic E-state index is 12.2. The Hall–Kier alpha value is -2.20. The van der Waals surface area contributed by atoms with Crippen molar-refractivity contribution in [1.82, 2.24) is 0 Å². The molecule has 0 unspecified atom stereocenters. The zero-order valence-corrected chi connectivity index (χ0v) is 10.8. The summed E-state index contributed by atoms with van der Waals surface area (Å²) in [6.45, 7) is 0. The second-order valence-corrected chi connectivity index (χ2v) is 4.26. The highest BCUT2D eigenvalue weighted by atomic mass is 35.5. The third-order valence-electron chi connectivity index (χ3n) is 2.68. The topological polar surface area (TPSA) is 66.8 Å². The summed E-state index contributed by atoms with van der Waals surface area (Å²) in [7, 11) is 1.46. The lowest BCUT2D eigenvalue weighted by molar-refractivity contribution is 0.103. The first-order valence-electron chi connectivity index (χ1n) is 5.43. The second kappa shape index (κ2) is 5.20. The number of ether oxygens (including phenoxy) is 1. The van der Waals surface area contributed by atoms with Gasteiger partial charge in [-0.2, -0.15) is 0 Å². The van der Waals surface area contributed by atoms with E-state index in [2.05, 4.69) is 0 Å². The quantitative estimate of drug-likeness (QED) is 0.847. The van der Waals surface area contributed by atoms with Crippen LogP contribution in [0.15, 0.2) is 36.4 Å². The van der Waals surface area contributed by atoms with Gasteiger partial charge in [0.25, 0.3) is 0 Å². The lowest BCUT2D eigenvalue weighted by Gasteiger charge is -2.08. The molecule has 0 bridgehead atoms. The average Bonchev–Trinajstić information content (AvgIpc) is 2.41. The first-order valence-corrected chi connectivity index (χ1v) is 5.81. The molecule has 19 heavy (non-hydrogen) atoms. The van der Waals surface area contributed by atoms with E-state index in [1.54, 1.807) is 12.1 Å². The minimum Gasteiger partial charge on any atom is -0.507 e. The summed E-state index contributed by atoms with van der Waals surface area (Å²) in [6, 6.07) is 8.77. The summed E-state index contributed by atoms with van der Waals surface area (Å²) >= 11 is 5.75. The number of carbonyl (C=O) groups is 1. The predicted octanol–water partition coefficient (Wildman–Crippen LogP) is 2.99. The van der Waals surface area contributed by atoms with Crippen molar-refractivity contribution >= 4 is 17.4 Å². The number of methoxy groups -OCH3 is 1. The van der Waals surface area contributed by atoms with Gasteiger partial charge in [0.2, 0.25) is 5.78 Å². The van der Waals surface area contributed by atoms with E-state index < -0.39 is 5.78 Å². The van der Waals surface area contributed by atoms with E-state index in [4.69, 9.17) is 16.3 Å². The molecular formula is C14H11ClO4. The zero-order valence-electron chi connectivity index (χ0n) is 10.1. The lowest BCUT2D eigenvalue weighted by atomic mass is 10.0. The Morgan fingerprint density at radius 1 is 1.16 bits per heavy atom. The zero-order chi connectivity index (χ0) is 14.0. The molecule has 0 saturated carbocycles. The van der Waals surface area contributed by atoms with Gasteiger partial charge >= 0.3 is 0 Å². The fourth-order valence-corrected chi connectivity index (χ4v) is 1.85. The van der Waals surface area contributed by atoms with Crippen molar-refractivity contribution in [2.24, 2.45) is 0 Å². The van der Waals surface area contributed by atoms with Crippen LogP contribution >= 0.6 is 11.6 Å². The van der Waals surface area contributed by atoms with Crippen LogP contribution in [0.25, 0.3) is 0 Å². The van der Waals surface area contributed by atoms with E-state index in [0.717, 1.165) is 0 Å². The second-order valence-electron chi connectivity index (χ2n) is 3.85. The van der Waals surface area contributed by atoms with E-state index in [1.807, 2.05) is 0 Å². The SMILES string of the molecule is COc1ccc(C(=O)c2cccc(Cl)c2O)c(O)c1. The van der Waals surface area contributed by atoms with Gasteiger partial charge in [0.15, 0.2) is 0 Å². The van der Waals surface area contributed by atoms with Crippen molar-refractivity contribution in [1.29, 1.82) is 0 Å². The van der Waals surface area contributed by atoms with Crippen LogP contribution in [0, 0.1) is 0 Å². The Balaban J connectivity index is 2.47. The maximum atomic E-state index is 12.2. The summed E-state index contributed by atoms with van der Waals surface area (Å²) < 4.78 is 4.94.